The Balaban J connectivity index is 2.32. The number of carbonyl (C=O) groups is 1. The van der Waals surface area contributed by atoms with Gasteiger partial charge >= 0.3 is 5.97 Å². The Hall–Kier alpha value is -0.940. The third-order valence-electron chi connectivity index (χ3n) is 3.46. The first-order valence-electron chi connectivity index (χ1n) is 6.88. The van der Waals surface area contributed by atoms with Gasteiger partial charge < -0.3 is 9.84 Å². The Morgan fingerprint density at radius 2 is 2.32 bits per heavy atom. The van der Waals surface area contributed by atoms with E-state index in [4.69, 9.17) is 4.74 Å². The van der Waals surface area contributed by atoms with Crippen molar-refractivity contribution in [3.05, 3.63) is 15.6 Å². The maximum absolute atomic E-state index is 11.3. The van der Waals surface area contributed by atoms with Crippen LogP contribution < -0.4 is 0 Å². The molecule has 106 valence electrons. The summed E-state index contributed by atoms with van der Waals surface area (Å²) >= 11 is 1.63. The quantitative estimate of drug-likeness (QED) is 0.900. The van der Waals surface area contributed by atoms with Crippen LogP contribution in [0.5, 0.6) is 0 Å². The fraction of sp³-hybridized carbons (Fsp3) is 0.714. The summed E-state index contributed by atoms with van der Waals surface area (Å²) in [7, 11) is 0. The molecule has 1 N–H and O–H groups in total. The van der Waals surface area contributed by atoms with E-state index in [0.717, 1.165) is 28.4 Å². The van der Waals surface area contributed by atoms with Gasteiger partial charge in [0, 0.05) is 11.5 Å². The van der Waals surface area contributed by atoms with Crippen LogP contribution in [0, 0.1) is 5.92 Å². The molecule has 0 aromatic carbocycles. The van der Waals surface area contributed by atoms with E-state index < -0.39 is 11.9 Å². The number of thiazole rings is 1. The van der Waals surface area contributed by atoms with Gasteiger partial charge in [-0.25, -0.2) is 4.98 Å². The highest BCUT2D eigenvalue weighted by molar-refractivity contribution is 7.11. The zero-order valence-corrected chi connectivity index (χ0v) is 12.5. The second-order valence-corrected chi connectivity index (χ2v) is 6.38. The second-order valence-electron chi connectivity index (χ2n) is 5.26. The molecule has 0 spiro atoms. The summed E-state index contributed by atoms with van der Waals surface area (Å²) in [6.07, 6.45) is 2.57. The van der Waals surface area contributed by atoms with Gasteiger partial charge in [0.1, 0.15) is 11.1 Å². The number of carboxylic acids is 1. The molecule has 1 aromatic rings. The number of aryl methyl sites for hydroxylation is 1. The Bertz CT molecular complexity index is 456. The molecule has 0 saturated heterocycles. The van der Waals surface area contributed by atoms with Crippen molar-refractivity contribution < 1.29 is 14.6 Å². The Labute approximate surface area is 117 Å². The Morgan fingerprint density at radius 1 is 1.58 bits per heavy atom. The van der Waals surface area contributed by atoms with Crippen LogP contribution in [0.2, 0.25) is 0 Å². The molecule has 19 heavy (non-hydrogen) atoms. The van der Waals surface area contributed by atoms with Crippen LogP contribution in [0.15, 0.2) is 0 Å². The number of nitrogens with zero attached hydrogens (tertiary/aromatic N) is 1. The molecular weight excluding hydrogens is 262 g/mol. The highest BCUT2D eigenvalue weighted by Crippen LogP contribution is 2.39. The topological polar surface area (TPSA) is 59.4 Å². The van der Waals surface area contributed by atoms with E-state index in [9.17, 15) is 9.90 Å². The van der Waals surface area contributed by atoms with Gasteiger partial charge in [-0.05, 0) is 32.1 Å². The highest BCUT2D eigenvalue weighted by Gasteiger charge is 2.32. The molecule has 1 heterocycles. The fourth-order valence-corrected chi connectivity index (χ4v) is 3.92. The van der Waals surface area contributed by atoms with Crippen LogP contribution >= 0.6 is 11.3 Å². The molecule has 0 fully saturated rings. The summed E-state index contributed by atoms with van der Waals surface area (Å²) in [5.74, 6) is -0.839. The first-order chi connectivity index (χ1) is 9.04. The summed E-state index contributed by atoms with van der Waals surface area (Å²) in [6.45, 7) is 6.84. The van der Waals surface area contributed by atoms with Crippen molar-refractivity contribution in [3.8, 4) is 0 Å². The van der Waals surface area contributed by atoms with Gasteiger partial charge in [0.25, 0.3) is 0 Å². The lowest BCUT2D eigenvalue weighted by Crippen LogP contribution is -2.17. The first kappa shape index (κ1) is 14.5. The van der Waals surface area contributed by atoms with Gasteiger partial charge in [-0.15, -0.1) is 11.3 Å². The predicted molar refractivity (Wildman–Crippen MR) is 74.6 cm³/mol. The molecule has 1 aliphatic rings. The van der Waals surface area contributed by atoms with Crippen LogP contribution in [-0.2, 0) is 16.0 Å². The summed E-state index contributed by atoms with van der Waals surface area (Å²) < 4.78 is 5.76. The van der Waals surface area contributed by atoms with Crippen LogP contribution in [0.1, 0.15) is 61.2 Å². The molecule has 0 amide bonds. The molecule has 4 nitrogen and oxygen atoms in total. The van der Waals surface area contributed by atoms with Gasteiger partial charge in [0.05, 0.1) is 11.6 Å². The van der Waals surface area contributed by atoms with Crippen molar-refractivity contribution >= 4 is 17.3 Å². The lowest BCUT2D eigenvalue weighted by atomic mass is 9.91. The lowest BCUT2D eigenvalue weighted by Gasteiger charge is -2.18. The standard InChI is InChI=1S/C14H21NO3S/c1-4-18-12(8(2)3)13-15-11-9(14(16)17)6-5-7-10(11)19-13/h8-9,12H,4-7H2,1-3H3,(H,16,17). The molecule has 0 saturated carbocycles. The van der Waals surface area contributed by atoms with Crippen molar-refractivity contribution in [2.45, 2.75) is 52.1 Å². The van der Waals surface area contributed by atoms with Crippen molar-refractivity contribution in [2.24, 2.45) is 5.92 Å². The van der Waals surface area contributed by atoms with Crippen LogP contribution in [0.4, 0.5) is 0 Å². The minimum atomic E-state index is -0.754. The Kier molecular flexibility index (Phi) is 4.58. The molecule has 2 unspecified atom stereocenters. The van der Waals surface area contributed by atoms with Crippen molar-refractivity contribution in [1.82, 2.24) is 4.98 Å². The normalized spacial score (nSPS) is 20.3. The van der Waals surface area contributed by atoms with Gasteiger partial charge in [-0.3, -0.25) is 4.79 Å². The van der Waals surface area contributed by atoms with Gasteiger partial charge in [0.15, 0.2) is 0 Å². The van der Waals surface area contributed by atoms with E-state index in [0.29, 0.717) is 18.9 Å². The van der Waals surface area contributed by atoms with Gasteiger partial charge in [-0.1, -0.05) is 13.8 Å². The fourth-order valence-electron chi connectivity index (χ4n) is 2.53. The monoisotopic (exact) mass is 283 g/mol. The van der Waals surface area contributed by atoms with Crippen molar-refractivity contribution in [1.29, 1.82) is 0 Å². The molecule has 0 radical (unpaired) electrons. The largest absolute Gasteiger partial charge is 0.481 e. The maximum Gasteiger partial charge on any atom is 0.312 e. The molecule has 0 bridgehead atoms. The van der Waals surface area contributed by atoms with Gasteiger partial charge in [0.2, 0.25) is 0 Å². The van der Waals surface area contributed by atoms with Crippen molar-refractivity contribution in [3.63, 3.8) is 0 Å². The van der Waals surface area contributed by atoms with Crippen LogP contribution in [-0.4, -0.2) is 22.7 Å². The van der Waals surface area contributed by atoms with Gasteiger partial charge in [-0.2, -0.15) is 0 Å². The summed E-state index contributed by atoms with van der Waals surface area (Å²) in [5, 5.41) is 10.2. The van der Waals surface area contributed by atoms with Crippen LogP contribution in [0.25, 0.3) is 0 Å². The zero-order chi connectivity index (χ0) is 14.0. The summed E-state index contributed by atoms with van der Waals surface area (Å²) in [5.41, 5.74) is 0.782. The van der Waals surface area contributed by atoms with E-state index in [1.165, 1.54) is 0 Å². The molecule has 2 rings (SSSR count). The molecular formula is C14H21NO3S. The minimum Gasteiger partial charge on any atom is -0.481 e. The number of fused-ring (bicyclic) bond motifs is 1. The predicted octanol–water partition coefficient (Wildman–Crippen LogP) is 3.38. The minimum absolute atomic E-state index is 0.0185. The average Bonchev–Trinajstić information content (AvgIpc) is 2.77. The number of aromatic nitrogens is 1. The summed E-state index contributed by atoms with van der Waals surface area (Å²) in [6, 6.07) is 0. The third-order valence-corrected chi connectivity index (χ3v) is 4.66. The number of hydrogen-bond donors (Lipinski definition) is 1. The lowest BCUT2D eigenvalue weighted by molar-refractivity contribution is -0.139. The maximum atomic E-state index is 11.3. The molecule has 0 aliphatic heterocycles. The first-order valence-corrected chi connectivity index (χ1v) is 7.70. The molecule has 5 heteroatoms. The Morgan fingerprint density at radius 3 is 2.89 bits per heavy atom. The number of rotatable bonds is 5. The van der Waals surface area contributed by atoms with E-state index in [2.05, 4.69) is 18.8 Å². The van der Waals surface area contributed by atoms with E-state index in [-0.39, 0.29) is 6.10 Å². The molecule has 2 atom stereocenters. The average molecular weight is 283 g/mol. The number of aliphatic carboxylic acids is 1. The highest BCUT2D eigenvalue weighted by atomic mass is 32.1. The van der Waals surface area contributed by atoms with E-state index >= 15 is 0 Å². The number of hydrogen-bond acceptors (Lipinski definition) is 4. The second kappa shape index (κ2) is 6.01. The number of carboxylic acid groups (broad SMARTS) is 1. The summed E-state index contributed by atoms with van der Waals surface area (Å²) in [4.78, 5) is 17.0. The smallest absolute Gasteiger partial charge is 0.312 e. The van der Waals surface area contributed by atoms with Crippen molar-refractivity contribution in [2.75, 3.05) is 6.61 Å². The zero-order valence-electron chi connectivity index (χ0n) is 11.7. The SMILES string of the molecule is CCOC(c1nc2c(s1)CCCC2C(=O)O)C(C)C. The van der Waals surface area contributed by atoms with E-state index in [1.54, 1.807) is 11.3 Å². The third kappa shape index (κ3) is 2.98. The molecule has 1 aromatic heterocycles. The van der Waals surface area contributed by atoms with Crippen LogP contribution in [0.3, 0.4) is 0 Å². The van der Waals surface area contributed by atoms with E-state index in [1.807, 2.05) is 6.92 Å². The molecule has 1 aliphatic carbocycles. The number of ether oxygens (including phenoxy) is 1.